The Kier molecular flexibility index (Phi) is 8.60. The first-order chi connectivity index (χ1) is 29.8. The van der Waals surface area contributed by atoms with E-state index in [0.29, 0.717) is 0 Å². The Morgan fingerprint density at radius 2 is 0.806 bits per heavy atom. The van der Waals surface area contributed by atoms with Crippen LogP contribution in [-0.2, 0) is 10.8 Å². The van der Waals surface area contributed by atoms with Crippen LogP contribution in [0.4, 0.5) is 34.1 Å². The molecule has 11 rings (SSSR count). The van der Waals surface area contributed by atoms with Gasteiger partial charge in [0.25, 0.3) is 6.71 Å². The van der Waals surface area contributed by atoms with Crippen LogP contribution in [0, 0.1) is 6.92 Å². The van der Waals surface area contributed by atoms with E-state index in [4.69, 9.17) is 0 Å². The number of rotatable bonds is 5. The van der Waals surface area contributed by atoms with Gasteiger partial charge in [-0.1, -0.05) is 198 Å². The summed E-state index contributed by atoms with van der Waals surface area (Å²) in [5.41, 5.74) is 20.8. The zero-order valence-corrected chi connectivity index (χ0v) is 38.2. The molecule has 8 aromatic rings. The summed E-state index contributed by atoms with van der Waals surface area (Å²) < 4.78 is 0. The van der Waals surface area contributed by atoms with E-state index in [1.54, 1.807) is 0 Å². The molecule has 0 saturated carbocycles. The van der Waals surface area contributed by atoms with Gasteiger partial charge in [0, 0.05) is 33.9 Å². The van der Waals surface area contributed by atoms with Gasteiger partial charge in [-0.3, -0.25) is 0 Å². The zero-order valence-electron chi connectivity index (χ0n) is 37.2. The molecule has 62 heavy (non-hydrogen) atoms. The molecular weight excluding hydrogens is 764 g/mol. The van der Waals surface area contributed by atoms with Gasteiger partial charge in [-0.25, -0.2) is 0 Å². The Morgan fingerprint density at radius 3 is 1.24 bits per heavy atom. The largest absolute Gasteiger partial charge is 0.311 e. The Morgan fingerprint density at radius 1 is 0.403 bits per heavy atom. The number of benzene rings is 8. The molecule has 0 atom stereocenters. The average Bonchev–Trinajstić information content (AvgIpc) is 3.28. The van der Waals surface area contributed by atoms with E-state index in [0.717, 1.165) is 0 Å². The lowest BCUT2D eigenvalue weighted by molar-refractivity contribution is 0.590. The Bertz CT molecular complexity index is 2880. The van der Waals surface area contributed by atoms with Crippen molar-refractivity contribution in [3.63, 3.8) is 0 Å². The van der Waals surface area contributed by atoms with E-state index in [-0.39, 0.29) is 17.5 Å². The predicted octanol–water partition coefficient (Wildman–Crippen LogP) is 11.4. The molecule has 0 amide bonds. The standard InChI is InChI=1S/C58H53BN2Si/c1-38-36-50-54-51(37-38)61(47-23-15-13-21-45(47)40-30-34-42(35-31-40)58(5,6)7)49-25-17-27-53-56(49)59(54)55-48(24-16-26-52(55)62(53,8)43-18-10-9-11-19-43)60(50)46-22-14-12-20-44(46)39-28-32-41(33-29-39)57(2,3)4/h9-37H,1-8H3. The molecule has 0 spiro atoms. The molecule has 8 aromatic carbocycles. The van der Waals surface area contributed by atoms with E-state index in [9.17, 15) is 0 Å². The quantitative estimate of drug-likeness (QED) is 0.160. The van der Waals surface area contributed by atoms with Crippen molar-refractivity contribution >= 4 is 80.9 Å². The van der Waals surface area contributed by atoms with Crippen molar-refractivity contribution in [2.45, 2.75) is 65.8 Å². The van der Waals surface area contributed by atoms with Crippen molar-refractivity contribution in [3.8, 4) is 22.3 Å². The second kappa shape index (κ2) is 13.8. The van der Waals surface area contributed by atoms with Crippen LogP contribution in [-0.4, -0.2) is 14.8 Å². The molecule has 0 aliphatic carbocycles. The number of anilines is 6. The molecule has 302 valence electrons. The minimum atomic E-state index is -2.56. The monoisotopic (exact) mass is 816 g/mol. The van der Waals surface area contributed by atoms with Crippen molar-refractivity contribution in [2.24, 2.45) is 0 Å². The molecule has 4 heteroatoms. The summed E-state index contributed by atoms with van der Waals surface area (Å²) in [7, 11) is -2.56. The molecule has 0 aromatic heterocycles. The van der Waals surface area contributed by atoms with E-state index in [1.165, 1.54) is 105 Å². The van der Waals surface area contributed by atoms with Crippen LogP contribution in [0.1, 0.15) is 58.2 Å². The lowest BCUT2D eigenvalue weighted by atomic mass is 9.33. The van der Waals surface area contributed by atoms with Crippen molar-refractivity contribution in [1.82, 2.24) is 0 Å². The molecule has 0 fully saturated rings. The smallest absolute Gasteiger partial charge is 0.251 e. The third kappa shape index (κ3) is 5.69. The average molecular weight is 817 g/mol. The van der Waals surface area contributed by atoms with E-state index in [2.05, 4.69) is 241 Å². The molecule has 3 heterocycles. The first kappa shape index (κ1) is 38.6. The van der Waals surface area contributed by atoms with Gasteiger partial charge in [0.15, 0.2) is 0 Å². The zero-order chi connectivity index (χ0) is 42.7. The van der Waals surface area contributed by atoms with Crippen LogP contribution < -0.4 is 41.7 Å². The molecule has 0 N–H and O–H groups in total. The summed E-state index contributed by atoms with van der Waals surface area (Å²) in [6.45, 7) is 18.7. The topological polar surface area (TPSA) is 6.48 Å². The SMILES string of the molecule is Cc1cc2c3c(c1)N(c1ccccc1-c1ccc(C(C)(C)C)cc1)c1cccc4c1B3c1c(cccc1[Si]4(C)c1ccccc1)N2c1ccccc1-c1ccc(C(C)(C)C)cc1. The Labute approximate surface area is 369 Å². The maximum absolute atomic E-state index is 2.63. The first-order valence-electron chi connectivity index (χ1n) is 22.3. The lowest BCUT2D eigenvalue weighted by Gasteiger charge is -2.51. The number of para-hydroxylation sites is 2. The molecule has 0 unspecified atom stereocenters. The third-order valence-electron chi connectivity index (χ3n) is 14.1. The highest BCUT2D eigenvalue weighted by Gasteiger charge is 2.53. The molecule has 0 saturated heterocycles. The second-order valence-corrected chi connectivity index (χ2v) is 23.9. The number of aryl methyl sites for hydroxylation is 1. The van der Waals surface area contributed by atoms with Crippen molar-refractivity contribution in [2.75, 3.05) is 9.80 Å². The minimum Gasteiger partial charge on any atom is -0.311 e. The lowest BCUT2D eigenvalue weighted by Crippen LogP contribution is -2.83. The highest BCUT2D eigenvalue weighted by atomic mass is 28.3. The fraction of sp³-hybridized carbons (Fsp3) is 0.172. The van der Waals surface area contributed by atoms with Gasteiger partial charge >= 0.3 is 0 Å². The van der Waals surface area contributed by atoms with Crippen LogP contribution in [0.2, 0.25) is 6.55 Å². The summed E-state index contributed by atoms with van der Waals surface area (Å²) >= 11 is 0. The highest BCUT2D eigenvalue weighted by molar-refractivity contribution is 7.21. The number of hydrogen-bond donors (Lipinski definition) is 0. The van der Waals surface area contributed by atoms with Gasteiger partial charge < -0.3 is 9.80 Å². The van der Waals surface area contributed by atoms with Crippen molar-refractivity contribution in [1.29, 1.82) is 0 Å². The summed E-state index contributed by atoms with van der Waals surface area (Å²) in [5.74, 6) is 0. The second-order valence-electron chi connectivity index (χ2n) is 20.0. The van der Waals surface area contributed by atoms with Gasteiger partial charge in [0.05, 0.1) is 11.4 Å². The normalized spacial score (nSPS) is 14.5. The van der Waals surface area contributed by atoms with Crippen LogP contribution >= 0.6 is 0 Å². The Hall–Kier alpha value is -6.36. The van der Waals surface area contributed by atoms with Crippen LogP contribution in [0.5, 0.6) is 0 Å². The van der Waals surface area contributed by atoms with Crippen LogP contribution in [0.3, 0.4) is 0 Å². The van der Waals surface area contributed by atoms with Crippen LogP contribution in [0.15, 0.2) is 176 Å². The van der Waals surface area contributed by atoms with Crippen molar-refractivity contribution in [3.05, 3.63) is 193 Å². The summed E-state index contributed by atoms with van der Waals surface area (Å²) in [4.78, 5) is 5.25. The molecule has 2 nitrogen and oxygen atoms in total. The molecule has 0 radical (unpaired) electrons. The molecule has 3 aliphatic heterocycles. The van der Waals surface area contributed by atoms with Crippen LogP contribution in [0.25, 0.3) is 22.3 Å². The fourth-order valence-electron chi connectivity index (χ4n) is 11.0. The maximum atomic E-state index is 2.63. The van der Waals surface area contributed by atoms with E-state index in [1.807, 2.05) is 0 Å². The first-order valence-corrected chi connectivity index (χ1v) is 24.8. The summed E-state index contributed by atoms with van der Waals surface area (Å²) in [6.07, 6.45) is 0. The van der Waals surface area contributed by atoms with E-state index < -0.39 is 8.07 Å². The summed E-state index contributed by atoms with van der Waals surface area (Å²) in [5, 5.41) is 4.47. The van der Waals surface area contributed by atoms with Gasteiger partial charge in [0.1, 0.15) is 8.07 Å². The predicted molar refractivity (Wildman–Crippen MR) is 270 cm³/mol. The highest BCUT2D eigenvalue weighted by Crippen LogP contribution is 2.49. The fourth-order valence-corrected chi connectivity index (χ4v) is 15.2. The summed E-state index contributed by atoms with van der Waals surface area (Å²) in [6, 6.07) is 67.5. The number of hydrogen-bond acceptors (Lipinski definition) is 2. The Balaban J connectivity index is 1.23. The number of nitrogens with zero attached hydrogens (tertiary/aromatic N) is 2. The van der Waals surface area contributed by atoms with E-state index >= 15 is 0 Å². The maximum Gasteiger partial charge on any atom is 0.251 e. The van der Waals surface area contributed by atoms with Gasteiger partial charge in [-0.05, 0) is 104 Å². The van der Waals surface area contributed by atoms with Gasteiger partial charge in [-0.15, -0.1) is 0 Å². The molecular formula is C58H53BN2Si. The molecule has 0 bridgehead atoms. The minimum absolute atomic E-state index is 0.0778. The van der Waals surface area contributed by atoms with Crippen molar-refractivity contribution < 1.29 is 0 Å². The van der Waals surface area contributed by atoms with Gasteiger partial charge in [0.2, 0.25) is 0 Å². The third-order valence-corrected chi connectivity index (χ3v) is 18.6. The van der Waals surface area contributed by atoms with Gasteiger partial charge in [-0.2, -0.15) is 0 Å². The molecule has 3 aliphatic rings.